The number of anilines is 1. The maximum Gasteiger partial charge on any atom is 0.305 e. The third kappa shape index (κ3) is 2.70. The van der Waals surface area contributed by atoms with Crippen molar-refractivity contribution >= 4 is 52.2 Å². The van der Waals surface area contributed by atoms with E-state index in [1.165, 1.54) is 21.8 Å². The minimum atomic E-state index is -0.288. The molecule has 7 atom stereocenters. The fraction of sp³-hybridized carbons (Fsp3) is 0.320. The molecule has 0 spiro atoms. The Labute approximate surface area is 203 Å². The van der Waals surface area contributed by atoms with Crippen molar-refractivity contribution in [1.82, 2.24) is 4.98 Å². The summed E-state index contributed by atoms with van der Waals surface area (Å²) in [6.07, 6.45) is 0.895. The van der Waals surface area contributed by atoms with E-state index < -0.39 is 0 Å². The van der Waals surface area contributed by atoms with Gasteiger partial charge in [0.1, 0.15) is 0 Å². The van der Waals surface area contributed by atoms with E-state index in [-0.39, 0.29) is 57.4 Å². The van der Waals surface area contributed by atoms with Crippen molar-refractivity contribution in [2.24, 2.45) is 29.6 Å². The number of hydrogen-bond donors (Lipinski definition) is 1. The minimum Gasteiger partial charge on any atom is -0.307 e. The summed E-state index contributed by atoms with van der Waals surface area (Å²) in [5.41, 5.74) is 1.78. The quantitative estimate of drug-likeness (QED) is 0.521. The molecule has 0 radical (unpaired) electrons. The van der Waals surface area contributed by atoms with Gasteiger partial charge >= 0.3 is 4.87 Å². The number of imide groups is 1. The Morgan fingerprint density at radius 2 is 1.61 bits per heavy atom. The SMILES string of the molecule is O=C1[C@@H]2[C@@H]3C[C@@H]([C@@H]2C(=O)N1c1ccc(Cl)cc1)[C@H]1[C@@H](c2ccccc2)c2sc(=O)[nH]c2S[C@H]31. The zero-order valence-electron chi connectivity index (χ0n) is 17.3. The summed E-state index contributed by atoms with van der Waals surface area (Å²) in [7, 11) is 0. The van der Waals surface area contributed by atoms with Gasteiger partial charge in [0.05, 0.1) is 22.5 Å². The van der Waals surface area contributed by atoms with Crippen molar-refractivity contribution in [3.63, 3.8) is 0 Å². The summed E-state index contributed by atoms with van der Waals surface area (Å²) < 4.78 is 0. The predicted octanol–water partition coefficient (Wildman–Crippen LogP) is 4.77. The molecule has 3 fully saturated rings. The second-order valence-corrected chi connectivity index (χ2v) is 12.0. The van der Waals surface area contributed by atoms with Crippen molar-refractivity contribution in [3.8, 4) is 0 Å². The number of hydrogen-bond acceptors (Lipinski definition) is 5. The smallest absolute Gasteiger partial charge is 0.305 e. The van der Waals surface area contributed by atoms with Crippen LogP contribution in [0.5, 0.6) is 0 Å². The number of thioether (sulfide) groups is 1. The number of aromatic amines is 1. The zero-order valence-corrected chi connectivity index (χ0v) is 19.7. The van der Waals surface area contributed by atoms with Crippen LogP contribution in [0.3, 0.4) is 0 Å². The molecule has 2 saturated carbocycles. The van der Waals surface area contributed by atoms with Gasteiger partial charge in [-0.2, -0.15) is 0 Å². The van der Waals surface area contributed by atoms with E-state index in [9.17, 15) is 14.4 Å². The van der Waals surface area contributed by atoms with Crippen molar-refractivity contribution < 1.29 is 9.59 Å². The number of carbonyl (C=O) groups is 2. The van der Waals surface area contributed by atoms with Gasteiger partial charge in [0, 0.05) is 21.1 Å². The number of aromatic nitrogens is 1. The van der Waals surface area contributed by atoms with Crippen molar-refractivity contribution in [3.05, 3.63) is 79.7 Å². The highest BCUT2D eigenvalue weighted by Gasteiger charge is 2.69. The maximum absolute atomic E-state index is 13.7. The Balaban J connectivity index is 1.33. The molecule has 2 amide bonds. The number of halogens is 1. The molecule has 0 unspecified atom stereocenters. The molecule has 2 bridgehead atoms. The lowest BCUT2D eigenvalue weighted by atomic mass is 9.68. The number of rotatable bonds is 2. The molecule has 3 aromatic rings. The number of nitrogens with zero attached hydrogens (tertiary/aromatic N) is 1. The number of thiazole rings is 1. The first-order chi connectivity index (χ1) is 16.0. The van der Waals surface area contributed by atoms with Crippen molar-refractivity contribution in [1.29, 1.82) is 0 Å². The van der Waals surface area contributed by atoms with Gasteiger partial charge in [-0.25, -0.2) is 0 Å². The number of benzene rings is 2. The Morgan fingerprint density at radius 1 is 0.909 bits per heavy atom. The van der Waals surface area contributed by atoms with Crippen molar-refractivity contribution in [2.45, 2.75) is 22.6 Å². The predicted molar refractivity (Wildman–Crippen MR) is 129 cm³/mol. The van der Waals surface area contributed by atoms with E-state index in [4.69, 9.17) is 11.6 Å². The lowest BCUT2D eigenvalue weighted by Crippen LogP contribution is -2.42. The molecule has 2 aliphatic carbocycles. The van der Waals surface area contributed by atoms with Crippen LogP contribution in [0.15, 0.2) is 64.4 Å². The maximum atomic E-state index is 13.7. The summed E-state index contributed by atoms with van der Waals surface area (Å²) in [4.78, 5) is 45.0. The molecular weight excluding hydrogens is 476 g/mol. The van der Waals surface area contributed by atoms with Gasteiger partial charge < -0.3 is 4.98 Å². The highest BCUT2D eigenvalue weighted by molar-refractivity contribution is 8.00. The molecule has 1 aromatic heterocycles. The highest BCUT2D eigenvalue weighted by atomic mass is 35.5. The van der Waals surface area contributed by atoms with Crippen LogP contribution in [-0.4, -0.2) is 22.0 Å². The van der Waals surface area contributed by atoms with Crippen molar-refractivity contribution in [2.75, 3.05) is 4.90 Å². The Morgan fingerprint density at radius 3 is 2.33 bits per heavy atom. The van der Waals surface area contributed by atoms with E-state index in [2.05, 4.69) is 17.1 Å². The fourth-order valence-electron chi connectivity index (χ4n) is 6.90. The summed E-state index contributed by atoms with van der Waals surface area (Å²) in [5, 5.41) is 1.73. The summed E-state index contributed by atoms with van der Waals surface area (Å²) in [5.74, 6) is -0.181. The second-order valence-electron chi connectivity index (χ2n) is 9.36. The molecule has 33 heavy (non-hydrogen) atoms. The van der Waals surface area contributed by atoms with E-state index >= 15 is 0 Å². The molecule has 7 rings (SSSR count). The molecule has 1 N–H and O–H groups in total. The van der Waals surface area contributed by atoms with Crippen LogP contribution in [0.25, 0.3) is 0 Å². The molecule has 8 heteroatoms. The first-order valence-corrected chi connectivity index (χ1v) is 13.2. The number of H-pyrrole nitrogens is 1. The van der Waals surface area contributed by atoms with Crippen LogP contribution >= 0.6 is 34.7 Å². The van der Waals surface area contributed by atoms with Crippen LogP contribution in [-0.2, 0) is 9.59 Å². The molecule has 5 nitrogen and oxygen atoms in total. The summed E-state index contributed by atoms with van der Waals surface area (Å²) >= 11 is 9.03. The van der Waals surface area contributed by atoms with Crippen LogP contribution < -0.4 is 9.77 Å². The number of fused-ring (bicyclic) bond motifs is 9. The van der Waals surface area contributed by atoms with Gasteiger partial charge in [0.25, 0.3) is 0 Å². The Bertz CT molecular complexity index is 1350. The van der Waals surface area contributed by atoms with Crippen LogP contribution in [0.2, 0.25) is 5.02 Å². The third-order valence-electron chi connectivity index (χ3n) is 7.97. The van der Waals surface area contributed by atoms with E-state index in [0.717, 1.165) is 16.3 Å². The van der Waals surface area contributed by atoms with E-state index in [0.29, 0.717) is 10.7 Å². The average Bonchev–Trinajstić information content (AvgIpc) is 3.54. The molecule has 4 aliphatic rings. The fourth-order valence-corrected chi connectivity index (χ4v) is 9.91. The summed E-state index contributed by atoms with van der Waals surface area (Å²) in [6.45, 7) is 0. The van der Waals surface area contributed by atoms with Crippen LogP contribution in [0.4, 0.5) is 5.69 Å². The number of amides is 2. The lowest BCUT2D eigenvalue weighted by Gasteiger charge is -2.43. The van der Waals surface area contributed by atoms with Gasteiger partial charge in [-0.3, -0.25) is 19.3 Å². The van der Waals surface area contributed by atoms with Gasteiger partial charge in [0.2, 0.25) is 11.8 Å². The lowest BCUT2D eigenvalue weighted by molar-refractivity contribution is -0.123. The van der Waals surface area contributed by atoms with Crippen LogP contribution in [0.1, 0.15) is 22.8 Å². The Kier molecular flexibility index (Phi) is 4.30. The molecule has 1 saturated heterocycles. The van der Waals surface area contributed by atoms with Gasteiger partial charge in [-0.15, -0.1) is 11.8 Å². The number of carbonyl (C=O) groups excluding carboxylic acids is 2. The largest absolute Gasteiger partial charge is 0.307 e. The zero-order chi connectivity index (χ0) is 22.4. The molecule has 2 aromatic carbocycles. The van der Waals surface area contributed by atoms with Gasteiger partial charge in [-0.05, 0) is 54.0 Å². The highest BCUT2D eigenvalue weighted by Crippen LogP contribution is 2.68. The van der Waals surface area contributed by atoms with E-state index in [1.54, 1.807) is 36.0 Å². The number of nitrogens with one attached hydrogen (secondary N) is 1. The first-order valence-electron chi connectivity index (χ1n) is 11.1. The third-order valence-corrected chi connectivity index (χ3v) is 10.8. The monoisotopic (exact) mass is 494 g/mol. The molecular formula is C25H19ClN2O3S2. The molecule has 3 heterocycles. The standard InChI is InChI=1S/C25H19ClN2O3S2/c26-12-6-8-13(9-7-12)28-23(29)18-14-10-15(19(18)24(28)30)20-17(14)16(11-4-2-1-3-5-11)21-22(32-20)27-25(31)33-21/h1-9,14-20H,10H2,(H,27,31)/t14-,15+,16-,17+,18+,19-,20-/m1/s1. The first kappa shape index (κ1) is 20.1. The summed E-state index contributed by atoms with van der Waals surface area (Å²) in [6, 6.07) is 17.2. The van der Waals surface area contributed by atoms with E-state index in [1.807, 2.05) is 18.2 Å². The second kappa shape index (κ2) is 7.08. The van der Waals surface area contributed by atoms with Gasteiger partial charge in [-0.1, -0.05) is 53.3 Å². The normalized spacial score (nSPS) is 33.8. The minimum absolute atomic E-state index is 0.0398. The average molecular weight is 495 g/mol. The van der Waals surface area contributed by atoms with Crippen LogP contribution in [0, 0.1) is 29.6 Å². The molecule has 166 valence electrons. The Hall–Kier alpha value is -2.35. The van der Waals surface area contributed by atoms with Gasteiger partial charge in [0.15, 0.2) is 0 Å². The topological polar surface area (TPSA) is 70.2 Å². The molecule has 2 aliphatic heterocycles.